The SMILES string of the molecule is CC1CCC(C(=O)O)CN1C(=O)COc1cc(Cl)ccc1Cl. The van der Waals surface area contributed by atoms with Gasteiger partial charge in [0.15, 0.2) is 6.61 Å². The third kappa shape index (κ3) is 4.05. The lowest BCUT2D eigenvalue weighted by Crippen LogP contribution is -2.49. The Balaban J connectivity index is 1.98. The predicted molar refractivity (Wildman–Crippen MR) is 83.5 cm³/mol. The molecule has 120 valence electrons. The predicted octanol–water partition coefficient (Wildman–Crippen LogP) is 3.08. The summed E-state index contributed by atoms with van der Waals surface area (Å²) in [6.07, 6.45) is 1.25. The van der Waals surface area contributed by atoms with Gasteiger partial charge in [-0.2, -0.15) is 0 Å². The van der Waals surface area contributed by atoms with Gasteiger partial charge >= 0.3 is 5.97 Å². The number of rotatable bonds is 4. The van der Waals surface area contributed by atoms with Crippen molar-refractivity contribution in [2.45, 2.75) is 25.8 Å². The molecular weight excluding hydrogens is 329 g/mol. The molecule has 0 aromatic heterocycles. The number of likely N-dealkylation sites (tertiary alicyclic amines) is 1. The number of benzene rings is 1. The van der Waals surface area contributed by atoms with Gasteiger partial charge < -0.3 is 14.7 Å². The molecule has 1 aromatic carbocycles. The fraction of sp³-hybridized carbons (Fsp3) is 0.467. The number of nitrogens with zero attached hydrogens (tertiary/aromatic N) is 1. The molecular formula is C15H17Cl2NO4. The van der Waals surface area contributed by atoms with Crippen molar-refractivity contribution in [3.63, 3.8) is 0 Å². The highest BCUT2D eigenvalue weighted by Crippen LogP contribution is 2.28. The van der Waals surface area contributed by atoms with Gasteiger partial charge in [0.2, 0.25) is 0 Å². The maximum Gasteiger partial charge on any atom is 0.308 e. The molecule has 1 saturated heterocycles. The van der Waals surface area contributed by atoms with E-state index in [1.165, 1.54) is 6.07 Å². The second kappa shape index (κ2) is 7.20. The zero-order valence-corrected chi connectivity index (χ0v) is 13.6. The molecule has 22 heavy (non-hydrogen) atoms. The van der Waals surface area contributed by atoms with Gasteiger partial charge in [0, 0.05) is 23.7 Å². The maximum atomic E-state index is 12.3. The van der Waals surface area contributed by atoms with E-state index < -0.39 is 11.9 Å². The summed E-state index contributed by atoms with van der Waals surface area (Å²) in [5.74, 6) is -1.31. The van der Waals surface area contributed by atoms with Crippen LogP contribution >= 0.6 is 23.2 Å². The van der Waals surface area contributed by atoms with E-state index in [0.29, 0.717) is 28.6 Å². The first-order valence-corrected chi connectivity index (χ1v) is 7.74. The second-order valence-electron chi connectivity index (χ2n) is 5.37. The Morgan fingerprint density at radius 1 is 1.36 bits per heavy atom. The van der Waals surface area contributed by atoms with Crippen molar-refractivity contribution >= 4 is 35.1 Å². The Morgan fingerprint density at radius 2 is 2.09 bits per heavy atom. The van der Waals surface area contributed by atoms with E-state index in [9.17, 15) is 9.59 Å². The molecule has 1 aliphatic heterocycles. The first kappa shape index (κ1) is 16.9. The van der Waals surface area contributed by atoms with Crippen LogP contribution in [-0.2, 0) is 9.59 Å². The van der Waals surface area contributed by atoms with Gasteiger partial charge in [-0.15, -0.1) is 0 Å². The van der Waals surface area contributed by atoms with Gasteiger partial charge in [-0.3, -0.25) is 9.59 Å². The third-order valence-electron chi connectivity index (χ3n) is 3.80. The highest BCUT2D eigenvalue weighted by molar-refractivity contribution is 6.34. The molecule has 5 nitrogen and oxygen atoms in total. The smallest absolute Gasteiger partial charge is 0.308 e. The van der Waals surface area contributed by atoms with Crippen LogP contribution in [0.5, 0.6) is 5.75 Å². The standard InChI is InChI=1S/C15H17Cl2NO4/c1-9-2-3-10(15(20)21)7-18(9)14(19)8-22-13-6-11(16)4-5-12(13)17/h4-6,9-10H,2-3,7-8H2,1H3,(H,20,21). The molecule has 1 amide bonds. The first-order valence-electron chi connectivity index (χ1n) is 6.98. The number of hydrogen-bond acceptors (Lipinski definition) is 3. The van der Waals surface area contributed by atoms with Crippen LogP contribution in [0.1, 0.15) is 19.8 Å². The summed E-state index contributed by atoms with van der Waals surface area (Å²) >= 11 is 11.8. The van der Waals surface area contributed by atoms with E-state index in [1.807, 2.05) is 6.92 Å². The molecule has 1 N–H and O–H groups in total. The molecule has 0 saturated carbocycles. The summed E-state index contributed by atoms with van der Waals surface area (Å²) in [6.45, 7) is 1.92. The number of halogens is 2. The van der Waals surface area contributed by atoms with Gasteiger partial charge in [-0.1, -0.05) is 23.2 Å². The van der Waals surface area contributed by atoms with Crippen molar-refractivity contribution < 1.29 is 19.4 Å². The van der Waals surface area contributed by atoms with E-state index in [4.69, 9.17) is 33.0 Å². The molecule has 1 aromatic rings. The lowest BCUT2D eigenvalue weighted by molar-refractivity contribution is -0.147. The number of ether oxygens (including phenoxy) is 1. The van der Waals surface area contributed by atoms with Gasteiger partial charge in [0.25, 0.3) is 5.91 Å². The molecule has 0 aliphatic carbocycles. The molecule has 2 atom stereocenters. The minimum atomic E-state index is -0.872. The Morgan fingerprint density at radius 3 is 2.77 bits per heavy atom. The van der Waals surface area contributed by atoms with Crippen LogP contribution in [0.2, 0.25) is 10.0 Å². The summed E-state index contributed by atoms with van der Waals surface area (Å²) in [5, 5.41) is 9.93. The zero-order chi connectivity index (χ0) is 16.3. The average Bonchev–Trinajstić information content (AvgIpc) is 2.48. The largest absolute Gasteiger partial charge is 0.482 e. The fourth-order valence-corrected chi connectivity index (χ4v) is 2.80. The Kier molecular flexibility index (Phi) is 5.53. The average molecular weight is 346 g/mol. The van der Waals surface area contributed by atoms with Crippen molar-refractivity contribution in [1.29, 1.82) is 0 Å². The number of hydrogen-bond donors (Lipinski definition) is 1. The van der Waals surface area contributed by atoms with E-state index in [1.54, 1.807) is 17.0 Å². The lowest BCUT2D eigenvalue weighted by atomic mass is 9.93. The minimum absolute atomic E-state index is 0.00142. The number of amides is 1. The number of aliphatic carboxylic acids is 1. The zero-order valence-electron chi connectivity index (χ0n) is 12.1. The van der Waals surface area contributed by atoms with Gasteiger partial charge in [-0.05, 0) is 31.9 Å². The van der Waals surface area contributed by atoms with Crippen LogP contribution in [-0.4, -0.2) is 41.1 Å². The van der Waals surface area contributed by atoms with Gasteiger partial charge in [0.05, 0.1) is 10.9 Å². The molecule has 1 fully saturated rings. The van der Waals surface area contributed by atoms with Crippen molar-refractivity contribution in [2.24, 2.45) is 5.92 Å². The molecule has 0 radical (unpaired) electrons. The Hall–Kier alpha value is -1.46. The van der Waals surface area contributed by atoms with Crippen molar-refractivity contribution in [3.8, 4) is 5.75 Å². The first-order chi connectivity index (χ1) is 10.4. The van der Waals surface area contributed by atoms with Crippen molar-refractivity contribution in [3.05, 3.63) is 28.2 Å². The van der Waals surface area contributed by atoms with E-state index in [0.717, 1.165) is 0 Å². The topological polar surface area (TPSA) is 66.8 Å². The summed E-state index contributed by atoms with van der Waals surface area (Å²) < 4.78 is 5.42. The molecule has 1 heterocycles. The molecule has 1 aliphatic rings. The monoisotopic (exact) mass is 345 g/mol. The van der Waals surface area contributed by atoms with Gasteiger partial charge in [0.1, 0.15) is 5.75 Å². The van der Waals surface area contributed by atoms with Crippen molar-refractivity contribution in [1.82, 2.24) is 4.90 Å². The van der Waals surface area contributed by atoms with E-state index in [-0.39, 0.29) is 25.1 Å². The van der Waals surface area contributed by atoms with Crippen LogP contribution in [0, 0.1) is 5.92 Å². The van der Waals surface area contributed by atoms with Crippen LogP contribution in [0.15, 0.2) is 18.2 Å². The second-order valence-corrected chi connectivity index (χ2v) is 6.21. The number of carbonyl (C=O) groups is 2. The van der Waals surface area contributed by atoms with E-state index >= 15 is 0 Å². The number of piperidine rings is 1. The van der Waals surface area contributed by atoms with Crippen LogP contribution < -0.4 is 4.74 Å². The summed E-state index contributed by atoms with van der Waals surface area (Å²) in [5.41, 5.74) is 0. The van der Waals surface area contributed by atoms with E-state index in [2.05, 4.69) is 0 Å². The van der Waals surface area contributed by atoms with Crippen LogP contribution in [0.4, 0.5) is 0 Å². The molecule has 0 spiro atoms. The molecule has 2 unspecified atom stereocenters. The van der Waals surface area contributed by atoms with Crippen LogP contribution in [0.3, 0.4) is 0 Å². The number of carbonyl (C=O) groups excluding carboxylic acids is 1. The lowest BCUT2D eigenvalue weighted by Gasteiger charge is -2.36. The normalized spacial score (nSPS) is 21.5. The highest BCUT2D eigenvalue weighted by atomic mass is 35.5. The van der Waals surface area contributed by atoms with Gasteiger partial charge in [-0.25, -0.2) is 0 Å². The fourth-order valence-electron chi connectivity index (χ4n) is 2.47. The Bertz CT molecular complexity index is 579. The summed E-state index contributed by atoms with van der Waals surface area (Å²) in [4.78, 5) is 24.9. The minimum Gasteiger partial charge on any atom is -0.482 e. The Labute approximate surface area is 138 Å². The quantitative estimate of drug-likeness (QED) is 0.910. The summed E-state index contributed by atoms with van der Waals surface area (Å²) in [6, 6.07) is 4.76. The highest BCUT2D eigenvalue weighted by Gasteiger charge is 2.32. The van der Waals surface area contributed by atoms with Crippen LogP contribution in [0.25, 0.3) is 0 Å². The van der Waals surface area contributed by atoms with Crippen molar-refractivity contribution in [2.75, 3.05) is 13.2 Å². The third-order valence-corrected chi connectivity index (χ3v) is 4.34. The number of carboxylic acid groups (broad SMARTS) is 1. The summed E-state index contributed by atoms with van der Waals surface area (Å²) in [7, 11) is 0. The molecule has 7 heteroatoms. The maximum absolute atomic E-state index is 12.3. The molecule has 2 rings (SSSR count). The molecule has 0 bridgehead atoms. The number of carboxylic acids is 1.